The van der Waals surface area contributed by atoms with Crippen molar-refractivity contribution in [1.29, 1.82) is 0 Å². The van der Waals surface area contributed by atoms with Crippen molar-refractivity contribution in [3.8, 4) is 0 Å². The maximum Gasteiger partial charge on any atom is 0.154 e. The molecular weight excluding hydrogens is 190 g/mol. The van der Waals surface area contributed by atoms with Crippen LogP contribution in [0.3, 0.4) is 0 Å². The Bertz CT molecular complexity index is 216. The minimum absolute atomic E-state index is 0. The van der Waals surface area contributed by atoms with Gasteiger partial charge in [0.25, 0.3) is 0 Å². The fourth-order valence-corrected chi connectivity index (χ4v) is 2.93. The minimum Gasteiger partial charge on any atom is -1.00 e. The van der Waals surface area contributed by atoms with E-state index in [1.165, 1.54) is 0 Å². The van der Waals surface area contributed by atoms with E-state index in [-0.39, 0.29) is 30.0 Å². The van der Waals surface area contributed by atoms with Gasteiger partial charge in [-0.15, -0.1) is 0 Å². The van der Waals surface area contributed by atoms with E-state index >= 15 is 0 Å². The second-order valence-corrected chi connectivity index (χ2v) is 4.69. The standard InChI is InChI=1S/C5H11NO3S.ClH/c1-6-4-2-10(8,9)3-5(4)7;/h4-7H,2-3H2,1H3;1H/p-1. The van der Waals surface area contributed by atoms with Crippen LogP contribution in [0.4, 0.5) is 0 Å². The Balaban J connectivity index is 0.000001000. The van der Waals surface area contributed by atoms with Gasteiger partial charge in [-0.25, -0.2) is 8.42 Å². The van der Waals surface area contributed by atoms with Crippen LogP contribution in [-0.4, -0.2) is 44.2 Å². The molecule has 0 aromatic carbocycles. The van der Waals surface area contributed by atoms with Crippen molar-refractivity contribution >= 4 is 9.84 Å². The van der Waals surface area contributed by atoms with E-state index in [2.05, 4.69) is 5.32 Å². The van der Waals surface area contributed by atoms with Crippen LogP contribution in [0.15, 0.2) is 0 Å². The van der Waals surface area contributed by atoms with Crippen molar-refractivity contribution in [2.45, 2.75) is 12.1 Å². The molecule has 1 fully saturated rings. The van der Waals surface area contributed by atoms with E-state index in [1.807, 2.05) is 0 Å². The fourth-order valence-electron chi connectivity index (χ4n) is 1.10. The monoisotopic (exact) mass is 200 g/mol. The smallest absolute Gasteiger partial charge is 0.154 e. The molecule has 0 amide bonds. The number of rotatable bonds is 1. The number of aliphatic hydroxyl groups excluding tert-OH is 1. The van der Waals surface area contributed by atoms with Crippen LogP contribution in [0, 0.1) is 0 Å². The van der Waals surface area contributed by atoms with Crippen LogP contribution in [0.1, 0.15) is 0 Å². The molecule has 1 saturated heterocycles. The highest BCUT2D eigenvalue weighted by atomic mass is 35.5. The summed E-state index contributed by atoms with van der Waals surface area (Å²) in [5, 5.41) is 11.8. The molecule has 0 aliphatic carbocycles. The Labute approximate surface area is 72.3 Å². The second kappa shape index (κ2) is 3.71. The molecule has 0 aromatic rings. The van der Waals surface area contributed by atoms with E-state index in [9.17, 15) is 8.42 Å². The Morgan fingerprint density at radius 2 is 2.00 bits per heavy atom. The Morgan fingerprint density at radius 1 is 1.45 bits per heavy atom. The quantitative estimate of drug-likeness (QED) is 0.447. The Hall–Kier alpha value is 0.160. The first-order valence-corrected chi connectivity index (χ1v) is 4.93. The summed E-state index contributed by atoms with van der Waals surface area (Å²) in [6.07, 6.45) is -0.727. The predicted octanol–water partition coefficient (Wildman–Crippen LogP) is -4.63. The summed E-state index contributed by atoms with van der Waals surface area (Å²) in [6.45, 7) is 0. The molecule has 4 nitrogen and oxygen atoms in total. The number of aliphatic hydroxyl groups is 1. The summed E-state index contributed by atoms with van der Waals surface area (Å²) in [5.74, 6) is -0.0385. The Morgan fingerprint density at radius 3 is 2.18 bits per heavy atom. The lowest BCUT2D eigenvalue weighted by atomic mass is 10.2. The molecule has 1 heterocycles. The van der Waals surface area contributed by atoms with Crippen molar-refractivity contribution in [2.24, 2.45) is 0 Å². The summed E-state index contributed by atoms with van der Waals surface area (Å²) in [5.41, 5.74) is 0. The lowest BCUT2D eigenvalue weighted by Crippen LogP contribution is -3.00. The topological polar surface area (TPSA) is 66.4 Å². The molecule has 0 spiro atoms. The third-order valence-electron chi connectivity index (χ3n) is 1.69. The molecule has 68 valence electrons. The number of sulfone groups is 1. The number of likely N-dealkylation sites (N-methyl/N-ethyl adjacent to an activating group) is 1. The van der Waals surface area contributed by atoms with Gasteiger partial charge in [-0.1, -0.05) is 0 Å². The van der Waals surface area contributed by atoms with Gasteiger partial charge in [0.05, 0.1) is 17.6 Å². The zero-order chi connectivity index (χ0) is 7.78. The van der Waals surface area contributed by atoms with E-state index in [0.717, 1.165) is 0 Å². The molecule has 2 N–H and O–H groups in total. The number of halogens is 1. The summed E-state index contributed by atoms with van der Waals surface area (Å²) < 4.78 is 21.6. The number of hydrogen-bond acceptors (Lipinski definition) is 4. The lowest BCUT2D eigenvalue weighted by molar-refractivity contribution is -0.00000654. The van der Waals surface area contributed by atoms with Crippen LogP contribution in [-0.2, 0) is 9.84 Å². The van der Waals surface area contributed by atoms with E-state index in [0.29, 0.717) is 0 Å². The largest absolute Gasteiger partial charge is 1.00 e. The third-order valence-corrected chi connectivity index (χ3v) is 3.41. The van der Waals surface area contributed by atoms with Crippen LogP contribution in [0.25, 0.3) is 0 Å². The predicted molar refractivity (Wildman–Crippen MR) is 37.5 cm³/mol. The molecule has 0 saturated carbocycles. The minimum atomic E-state index is -2.97. The van der Waals surface area contributed by atoms with Crippen LogP contribution in [0.2, 0.25) is 0 Å². The van der Waals surface area contributed by atoms with E-state index < -0.39 is 15.9 Å². The zero-order valence-corrected chi connectivity index (χ0v) is 7.69. The highest BCUT2D eigenvalue weighted by Gasteiger charge is 2.34. The first-order chi connectivity index (χ1) is 4.55. The van der Waals surface area contributed by atoms with Gasteiger partial charge in [-0.2, -0.15) is 0 Å². The van der Waals surface area contributed by atoms with Gasteiger partial charge >= 0.3 is 0 Å². The number of nitrogens with one attached hydrogen (secondary N) is 1. The highest BCUT2D eigenvalue weighted by Crippen LogP contribution is 2.11. The molecule has 6 heteroatoms. The Kier molecular flexibility index (Phi) is 3.76. The third kappa shape index (κ3) is 2.59. The summed E-state index contributed by atoms with van der Waals surface area (Å²) in [6, 6.07) is -0.273. The van der Waals surface area contributed by atoms with Gasteiger partial charge in [-0.3, -0.25) is 0 Å². The lowest BCUT2D eigenvalue weighted by Gasteiger charge is -2.09. The van der Waals surface area contributed by atoms with Gasteiger partial charge in [0.15, 0.2) is 9.84 Å². The maximum atomic E-state index is 10.8. The first-order valence-electron chi connectivity index (χ1n) is 3.11. The highest BCUT2D eigenvalue weighted by molar-refractivity contribution is 7.91. The molecule has 2 unspecified atom stereocenters. The van der Waals surface area contributed by atoms with Gasteiger partial charge in [-0.05, 0) is 7.05 Å². The van der Waals surface area contributed by atoms with Gasteiger partial charge in [0, 0.05) is 6.04 Å². The second-order valence-electron chi connectivity index (χ2n) is 2.54. The molecule has 2 atom stereocenters. The first kappa shape index (κ1) is 11.2. The summed E-state index contributed by atoms with van der Waals surface area (Å²) >= 11 is 0. The van der Waals surface area contributed by atoms with E-state index in [1.54, 1.807) is 7.05 Å². The fraction of sp³-hybridized carbons (Fsp3) is 1.00. The molecule has 11 heavy (non-hydrogen) atoms. The zero-order valence-electron chi connectivity index (χ0n) is 6.12. The van der Waals surface area contributed by atoms with Gasteiger partial charge in [0.2, 0.25) is 0 Å². The molecule has 0 bridgehead atoms. The van der Waals surface area contributed by atoms with Crippen LogP contribution >= 0.6 is 0 Å². The van der Waals surface area contributed by atoms with Crippen molar-refractivity contribution in [1.82, 2.24) is 5.32 Å². The van der Waals surface area contributed by atoms with E-state index in [4.69, 9.17) is 5.11 Å². The average Bonchev–Trinajstić information content (AvgIpc) is 2.05. The van der Waals surface area contributed by atoms with Crippen LogP contribution in [0.5, 0.6) is 0 Å². The van der Waals surface area contributed by atoms with Crippen molar-refractivity contribution < 1.29 is 25.9 Å². The maximum absolute atomic E-state index is 10.8. The number of hydrogen-bond donors (Lipinski definition) is 2. The van der Waals surface area contributed by atoms with Crippen molar-refractivity contribution in [2.75, 3.05) is 18.6 Å². The summed E-state index contributed by atoms with van der Waals surface area (Å²) in [4.78, 5) is 0. The molecule has 0 aromatic heterocycles. The van der Waals surface area contributed by atoms with Crippen LogP contribution < -0.4 is 17.7 Å². The molecule has 1 aliphatic heterocycles. The molecular formula is C5H11ClNO3S-. The molecule has 0 radical (unpaired) electrons. The molecule has 1 aliphatic rings. The molecule has 1 rings (SSSR count). The van der Waals surface area contributed by atoms with Gasteiger partial charge in [0.1, 0.15) is 0 Å². The normalized spacial score (nSPS) is 34.7. The summed E-state index contributed by atoms with van der Waals surface area (Å²) in [7, 11) is -1.32. The average molecular weight is 201 g/mol. The van der Waals surface area contributed by atoms with Crippen molar-refractivity contribution in [3.05, 3.63) is 0 Å². The SMILES string of the molecule is CNC1CS(=O)(=O)CC1O.[Cl-]. The van der Waals surface area contributed by atoms with Gasteiger partial charge < -0.3 is 22.8 Å². The van der Waals surface area contributed by atoms with Crippen molar-refractivity contribution in [3.63, 3.8) is 0 Å².